The second kappa shape index (κ2) is 2.74. The van der Waals surface area contributed by atoms with Crippen molar-refractivity contribution in [1.29, 1.82) is 0 Å². The van der Waals surface area contributed by atoms with Crippen molar-refractivity contribution in [3.63, 3.8) is 0 Å². The monoisotopic (exact) mass is 191 g/mol. The topological polar surface area (TPSA) is 35.1 Å². The summed E-state index contributed by atoms with van der Waals surface area (Å²) in [4.78, 5) is 11.4. The molecule has 0 bridgehead atoms. The molecule has 0 amide bonds. The highest BCUT2D eigenvalue weighted by atomic mass is 16.4. The summed E-state index contributed by atoms with van der Waals surface area (Å²) in [5, 5.41) is 0. The Balaban J connectivity index is 3.11. The maximum Gasteiger partial charge on any atom is 0.419 e. The molecule has 0 aliphatic heterocycles. The molecule has 0 spiro atoms. The third-order valence-electron chi connectivity index (χ3n) is 2.75. The predicted octanol–water partition coefficient (Wildman–Crippen LogP) is 2.06. The Morgan fingerprint density at radius 1 is 1.21 bits per heavy atom. The number of hydrogen-bond acceptors (Lipinski definition) is 2. The molecule has 0 saturated carbocycles. The predicted molar refractivity (Wildman–Crippen MR) is 55.7 cm³/mol. The van der Waals surface area contributed by atoms with Crippen molar-refractivity contribution in [2.24, 2.45) is 7.05 Å². The van der Waals surface area contributed by atoms with Gasteiger partial charge < -0.3 is 4.42 Å². The number of benzene rings is 1. The summed E-state index contributed by atoms with van der Waals surface area (Å²) in [6.07, 6.45) is 0. The number of hydrogen-bond donors (Lipinski definition) is 0. The van der Waals surface area contributed by atoms with E-state index in [-0.39, 0.29) is 5.76 Å². The van der Waals surface area contributed by atoms with Gasteiger partial charge in [0.15, 0.2) is 5.58 Å². The molecule has 3 heteroatoms. The van der Waals surface area contributed by atoms with E-state index < -0.39 is 0 Å². The van der Waals surface area contributed by atoms with E-state index in [9.17, 15) is 4.79 Å². The molecule has 0 atom stereocenters. The molecule has 1 heterocycles. The van der Waals surface area contributed by atoms with Crippen LogP contribution in [0.25, 0.3) is 11.1 Å². The Morgan fingerprint density at radius 3 is 2.50 bits per heavy atom. The van der Waals surface area contributed by atoms with E-state index in [1.54, 1.807) is 11.6 Å². The van der Waals surface area contributed by atoms with Crippen molar-refractivity contribution >= 4 is 11.1 Å². The van der Waals surface area contributed by atoms with Gasteiger partial charge in [0.25, 0.3) is 0 Å². The Labute approximate surface area is 82.0 Å². The zero-order chi connectivity index (χ0) is 10.5. The first-order valence-corrected chi connectivity index (χ1v) is 4.58. The molecule has 2 rings (SSSR count). The average Bonchev–Trinajstić information content (AvgIpc) is 2.41. The zero-order valence-corrected chi connectivity index (χ0v) is 8.84. The van der Waals surface area contributed by atoms with Crippen LogP contribution in [0.1, 0.15) is 16.7 Å². The van der Waals surface area contributed by atoms with Gasteiger partial charge in [0.2, 0.25) is 0 Å². The van der Waals surface area contributed by atoms with E-state index in [0.29, 0.717) is 5.58 Å². The number of nitrogens with zero attached hydrogens (tertiary/aromatic N) is 1. The standard InChI is InChI=1S/C11H13NO2/c1-6-5-7(2)10-9(8(6)3)12(4)11(13)14-10/h5H,1-4H3. The minimum absolute atomic E-state index is 0.295. The second-order valence-electron chi connectivity index (χ2n) is 3.74. The van der Waals surface area contributed by atoms with Gasteiger partial charge >= 0.3 is 5.76 Å². The largest absolute Gasteiger partial charge is 0.419 e. The Hall–Kier alpha value is -1.51. The van der Waals surface area contributed by atoms with E-state index >= 15 is 0 Å². The highest BCUT2D eigenvalue weighted by molar-refractivity contribution is 5.81. The molecule has 1 aromatic carbocycles. The van der Waals surface area contributed by atoms with Crippen molar-refractivity contribution in [3.8, 4) is 0 Å². The van der Waals surface area contributed by atoms with Crippen LogP contribution in [-0.2, 0) is 7.05 Å². The van der Waals surface area contributed by atoms with E-state index in [1.807, 2.05) is 26.8 Å². The van der Waals surface area contributed by atoms with Crippen LogP contribution in [0.4, 0.5) is 0 Å². The normalized spacial score (nSPS) is 11.1. The van der Waals surface area contributed by atoms with Crippen LogP contribution in [-0.4, -0.2) is 4.57 Å². The molecular weight excluding hydrogens is 178 g/mol. The highest BCUT2D eigenvalue weighted by Gasteiger charge is 2.12. The molecule has 1 aromatic heterocycles. The maximum atomic E-state index is 11.4. The molecule has 2 aromatic rings. The first-order chi connectivity index (χ1) is 6.52. The Morgan fingerprint density at radius 2 is 1.86 bits per heavy atom. The molecule has 3 nitrogen and oxygen atoms in total. The molecule has 0 fully saturated rings. The molecule has 0 aliphatic rings. The van der Waals surface area contributed by atoms with E-state index in [4.69, 9.17) is 4.42 Å². The van der Waals surface area contributed by atoms with Crippen LogP contribution in [0.15, 0.2) is 15.3 Å². The summed E-state index contributed by atoms with van der Waals surface area (Å²) in [5.74, 6) is -0.295. The minimum Gasteiger partial charge on any atom is -0.407 e. The lowest BCUT2D eigenvalue weighted by Gasteiger charge is -2.04. The summed E-state index contributed by atoms with van der Waals surface area (Å²) in [5.41, 5.74) is 4.93. The quantitative estimate of drug-likeness (QED) is 0.638. The lowest BCUT2D eigenvalue weighted by molar-refractivity contribution is 0.526. The van der Waals surface area contributed by atoms with E-state index in [2.05, 4.69) is 0 Å². The van der Waals surface area contributed by atoms with Gasteiger partial charge in [-0.15, -0.1) is 0 Å². The minimum atomic E-state index is -0.295. The van der Waals surface area contributed by atoms with Gasteiger partial charge in [0, 0.05) is 7.05 Å². The fourth-order valence-electron chi connectivity index (χ4n) is 1.82. The number of oxazole rings is 1. The number of fused-ring (bicyclic) bond motifs is 1. The van der Waals surface area contributed by atoms with E-state index in [1.165, 1.54) is 5.56 Å². The molecule has 74 valence electrons. The second-order valence-corrected chi connectivity index (χ2v) is 3.74. The Kier molecular flexibility index (Phi) is 1.77. The van der Waals surface area contributed by atoms with Gasteiger partial charge in [-0.3, -0.25) is 4.57 Å². The first kappa shape index (κ1) is 9.06. The first-order valence-electron chi connectivity index (χ1n) is 4.58. The molecule has 0 saturated heterocycles. The van der Waals surface area contributed by atoms with Gasteiger partial charge in [-0.1, -0.05) is 6.07 Å². The smallest absolute Gasteiger partial charge is 0.407 e. The third-order valence-corrected chi connectivity index (χ3v) is 2.75. The van der Waals surface area contributed by atoms with Crippen LogP contribution in [0.3, 0.4) is 0 Å². The van der Waals surface area contributed by atoms with Crippen LogP contribution >= 0.6 is 0 Å². The van der Waals surface area contributed by atoms with Gasteiger partial charge in [-0.2, -0.15) is 0 Å². The fraction of sp³-hybridized carbons (Fsp3) is 0.364. The van der Waals surface area contributed by atoms with E-state index in [0.717, 1.165) is 16.6 Å². The summed E-state index contributed by atoms with van der Waals surface area (Å²) in [6.45, 7) is 6.00. The fourth-order valence-corrected chi connectivity index (χ4v) is 1.82. The van der Waals surface area contributed by atoms with Crippen LogP contribution < -0.4 is 5.76 Å². The molecular formula is C11H13NO2. The average molecular weight is 191 g/mol. The molecule has 14 heavy (non-hydrogen) atoms. The SMILES string of the molecule is Cc1cc(C)c2oc(=O)n(C)c2c1C. The molecule has 0 radical (unpaired) electrons. The third kappa shape index (κ3) is 1.02. The summed E-state index contributed by atoms with van der Waals surface area (Å²) in [6, 6.07) is 2.04. The van der Waals surface area contributed by atoms with Crippen molar-refractivity contribution in [1.82, 2.24) is 4.57 Å². The van der Waals surface area contributed by atoms with Crippen LogP contribution in [0, 0.1) is 20.8 Å². The van der Waals surface area contributed by atoms with Crippen molar-refractivity contribution in [2.45, 2.75) is 20.8 Å². The zero-order valence-electron chi connectivity index (χ0n) is 8.84. The van der Waals surface area contributed by atoms with Crippen molar-refractivity contribution < 1.29 is 4.42 Å². The number of aromatic nitrogens is 1. The van der Waals surface area contributed by atoms with Gasteiger partial charge in [-0.25, -0.2) is 4.79 Å². The highest BCUT2D eigenvalue weighted by Crippen LogP contribution is 2.23. The van der Waals surface area contributed by atoms with Gasteiger partial charge in [0.1, 0.15) is 0 Å². The summed E-state index contributed by atoms with van der Waals surface area (Å²) < 4.78 is 6.73. The van der Waals surface area contributed by atoms with Crippen LogP contribution in [0.5, 0.6) is 0 Å². The molecule has 0 aliphatic carbocycles. The van der Waals surface area contributed by atoms with Crippen molar-refractivity contribution in [2.75, 3.05) is 0 Å². The Bertz CT molecular complexity index is 561. The number of rotatable bonds is 0. The van der Waals surface area contributed by atoms with Crippen molar-refractivity contribution in [3.05, 3.63) is 33.3 Å². The summed E-state index contributed by atoms with van der Waals surface area (Å²) in [7, 11) is 1.74. The maximum absolute atomic E-state index is 11.4. The lowest BCUT2D eigenvalue weighted by atomic mass is 10.1. The molecule has 0 N–H and O–H groups in total. The van der Waals surface area contributed by atoms with Gasteiger partial charge in [0.05, 0.1) is 5.52 Å². The van der Waals surface area contributed by atoms with Gasteiger partial charge in [-0.05, 0) is 37.5 Å². The summed E-state index contributed by atoms with van der Waals surface area (Å²) >= 11 is 0. The number of aryl methyl sites for hydroxylation is 4. The lowest BCUT2D eigenvalue weighted by Crippen LogP contribution is -2.09. The van der Waals surface area contributed by atoms with Crippen LogP contribution in [0.2, 0.25) is 0 Å². The molecule has 0 unspecified atom stereocenters.